The number of non-ortho nitro benzene ring substituents is 1. The molecule has 0 radical (unpaired) electrons. The highest BCUT2D eigenvalue weighted by Gasteiger charge is 2.34. The third-order valence-corrected chi connectivity index (χ3v) is 8.90. The molecule has 1 aliphatic carbocycles. The van der Waals surface area contributed by atoms with Crippen molar-refractivity contribution < 1.29 is 47.1 Å². The second-order valence-corrected chi connectivity index (χ2v) is 13.3. The fourth-order valence-electron chi connectivity index (χ4n) is 4.88. The van der Waals surface area contributed by atoms with Gasteiger partial charge in [-0.25, -0.2) is 14.2 Å². The number of carbonyl (C=O) groups excluding carboxylic acids is 3. The van der Waals surface area contributed by atoms with Crippen molar-refractivity contribution in [3.8, 4) is 11.5 Å². The van der Waals surface area contributed by atoms with E-state index in [0.29, 0.717) is 5.56 Å². The molecule has 0 heterocycles. The number of hydrogen-bond donors (Lipinski definition) is 2. The van der Waals surface area contributed by atoms with Crippen molar-refractivity contribution in [1.82, 2.24) is 10.4 Å². The summed E-state index contributed by atoms with van der Waals surface area (Å²) in [6.45, 7) is 4.77. The van der Waals surface area contributed by atoms with E-state index in [1.165, 1.54) is 43.3 Å². The zero-order chi connectivity index (χ0) is 35.4. The Bertz CT molecular complexity index is 1610. The topological polar surface area (TPSA) is 182 Å². The van der Waals surface area contributed by atoms with Crippen molar-refractivity contribution in [3.05, 3.63) is 100 Å². The van der Waals surface area contributed by atoms with Gasteiger partial charge >= 0.3 is 25.8 Å². The van der Waals surface area contributed by atoms with Crippen LogP contribution in [-0.2, 0) is 41.4 Å². The van der Waals surface area contributed by atoms with E-state index in [2.05, 4.69) is 10.4 Å². The molecule has 1 unspecified atom stereocenters. The van der Waals surface area contributed by atoms with Crippen molar-refractivity contribution in [3.63, 3.8) is 0 Å². The van der Waals surface area contributed by atoms with Crippen molar-refractivity contribution in [2.24, 2.45) is 0 Å². The number of hydrogen-bond acceptors (Lipinski definition) is 11. The van der Waals surface area contributed by atoms with E-state index in [-0.39, 0.29) is 36.3 Å². The molecule has 2 N–H and O–H groups in total. The lowest BCUT2D eigenvalue weighted by atomic mass is 10.1. The third kappa shape index (κ3) is 11.9. The Labute approximate surface area is 284 Å². The Balaban J connectivity index is 1.48. The average Bonchev–Trinajstić information content (AvgIpc) is 3.57. The molecule has 14 nitrogen and oxygen atoms in total. The number of nitro groups is 1. The summed E-state index contributed by atoms with van der Waals surface area (Å²) in [5, 5.41) is 16.2. The van der Waals surface area contributed by atoms with E-state index in [0.717, 1.165) is 31.2 Å². The van der Waals surface area contributed by atoms with Crippen LogP contribution >= 0.6 is 7.75 Å². The number of benzene rings is 3. The molecule has 3 aromatic carbocycles. The highest BCUT2D eigenvalue weighted by atomic mass is 31.2. The number of esters is 2. The summed E-state index contributed by atoms with van der Waals surface area (Å²) in [5.74, 6) is -1.23. The van der Waals surface area contributed by atoms with Crippen LogP contribution in [0.1, 0.15) is 57.6 Å². The van der Waals surface area contributed by atoms with E-state index >= 15 is 0 Å². The lowest BCUT2D eigenvalue weighted by Gasteiger charge is -2.24. The average molecular weight is 698 g/mol. The van der Waals surface area contributed by atoms with Gasteiger partial charge in [-0.15, -0.1) is 0 Å². The zero-order valence-corrected chi connectivity index (χ0v) is 28.3. The smallest absolute Gasteiger partial charge is 0.462 e. The number of carbonyl (C=O) groups is 3. The van der Waals surface area contributed by atoms with Crippen molar-refractivity contribution in [2.75, 3.05) is 0 Å². The van der Waals surface area contributed by atoms with Crippen LogP contribution in [0, 0.1) is 10.1 Å². The molecule has 1 amide bonds. The van der Waals surface area contributed by atoms with Crippen LogP contribution in [0.2, 0.25) is 0 Å². The first-order valence-corrected chi connectivity index (χ1v) is 17.4. The highest BCUT2D eigenvalue weighted by Crippen LogP contribution is 2.45. The normalized spacial score (nSPS) is 15.3. The summed E-state index contributed by atoms with van der Waals surface area (Å²) in [4.78, 5) is 48.8. The molecule has 3 aromatic rings. The maximum absolute atomic E-state index is 14.0. The summed E-state index contributed by atoms with van der Waals surface area (Å²) in [6, 6.07) is 18.0. The number of nitrogens with zero attached hydrogens (tertiary/aromatic N) is 1. The maximum Gasteiger partial charge on any atom is 0.513 e. The van der Waals surface area contributed by atoms with Gasteiger partial charge < -0.3 is 28.6 Å². The van der Waals surface area contributed by atoms with Gasteiger partial charge in [0.1, 0.15) is 36.3 Å². The number of alkyl carbamates (subject to hydrolysis) is 1. The van der Waals surface area contributed by atoms with E-state index in [1.54, 1.807) is 26.0 Å². The molecule has 0 aromatic heterocycles. The second kappa shape index (κ2) is 17.5. The van der Waals surface area contributed by atoms with E-state index in [1.807, 2.05) is 30.3 Å². The molecule has 0 aliphatic heterocycles. The first kappa shape index (κ1) is 36.9. The Morgan fingerprint density at radius 1 is 0.857 bits per heavy atom. The minimum absolute atomic E-state index is 0.0173. The number of amides is 1. The minimum atomic E-state index is -4.35. The van der Waals surface area contributed by atoms with Crippen molar-refractivity contribution >= 4 is 31.5 Å². The fraction of sp³-hybridized carbons (Fsp3) is 0.382. The van der Waals surface area contributed by atoms with E-state index in [4.69, 9.17) is 23.3 Å². The Morgan fingerprint density at radius 3 is 2.02 bits per heavy atom. The van der Waals surface area contributed by atoms with Crippen LogP contribution in [-0.4, -0.2) is 47.2 Å². The van der Waals surface area contributed by atoms with Gasteiger partial charge in [0.15, 0.2) is 0 Å². The van der Waals surface area contributed by atoms with Crippen LogP contribution in [0.25, 0.3) is 0 Å². The first-order chi connectivity index (χ1) is 23.4. The monoisotopic (exact) mass is 697 g/mol. The minimum Gasteiger partial charge on any atom is -0.462 e. The molecule has 3 atom stereocenters. The molecule has 15 heteroatoms. The van der Waals surface area contributed by atoms with Crippen LogP contribution in [0.4, 0.5) is 10.5 Å². The van der Waals surface area contributed by atoms with Crippen molar-refractivity contribution in [2.45, 2.75) is 83.8 Å². The lowest BCUT2D eigenvalue weighted by molar-refractivity contribution is -0.384. The molecular weight excluding hydrogens is 657 g/mol. The fourth-order valence-corrected chi connectivity index (χ4v) is 6.40. The van der Waals surface area contributed by atoms with E-state index in [9.17, 15) is 29.1 Å². The first-order valence-electron chi connectivity index (χ1n) is 15.9. The molecule has 1 saturated carbocycles. The SMILES string of the molecule is CC(C)OC(=O)[C@H](C)NP(=O)(Oc1ccc(C[C@H](NC(=O)OCc2ccccc2)C(=O)OC2CCCC2)cc1)Oc1ccc([N+](=O)[O-])cc1. The predicted octanol–water partition coefficient (Wildman–Crippen LogP) is 6.41. The second-order valence-electron chi connectivity index (χ2n) is 11.7. The Morgan fingerprint density at radius 2 is 1.45 bits per heavy atom. The molecule has 0 bridgehead atoms. The maximum atomic E-state index is 14.0. The molecule has 4 rings (SSSR count). The van der Waals surface area contributed by atoms with E-state index < -0.39 is 48.9 Å². The van der Waals surface area contributed by atoms with Gasteiger partial charge in [0, 0.05) is 18.6 Å². The summed E-state index contributed by atoms with van der Waals surface area (Å²) < 4.78 is 41.5. The summed E-state index contributed by atoms with van der Waals surface area (Å²) in [7, 11) is -4.35. The molecule has 1 aliphatic rings. The Kier molecular flexibility index (Phi) is 13.1. The highest BCUT2D eigenvalue weighted by molar-refractivity contribution is 7.52. The molecule has 262 valence electrons. The van der Waals surface area contributed by atoms with Crippen LogP contribution in [0.3, 0.4) is 0 Å². The zero-order valence-electron chi connectivity index (χ0n) is 27.4. The molecule has 0 saturated heterocycles. The number of rotatable bonds is 16. The quantitative estimate of drug-likeness (QED) is 0.0552. The molecule has 1 fully saturated rings. The lowest BCUT2D eigenvalue weighted by Crippen LogP contribution is -2.44. The molecule has 0 spiro atoms. The van der Waals surface area contributed by atoms with Gasteiger partial charge in [-0.3, -0.25) is 14.9 Å². The van der Waals surface area contributed by atoms with Gasteiger partial charge in [-0.05, 0) is 81.8 Å². The number of nitrogens with one attached hydrogen (secondary N) is 2. The Hall–Kier alpha value is -4.94. The standard InChI is InChI=1S/C34H40N3O11P/c1-23(2)45-32(38)24(3)36-49(43,48-30-19-15-27(16-20-30)37(41)42)47-29-17-13-25(14-18-29)21-31(33(39)46-28-11-7-8-12-28)35-34(40)44-22-26-9-5-4-6-10-26/h4-6,9-10,13-20,23-24,28,31H,7-8,11-12,21-22H2,1-3H3,(H,35,40)(H,36,43)/t24-,31-,49?/m0/s1. The van der Waals surface area contributed by atoms with Gasteiger partial charge in [0.2, 0.25) is 0 Å². The number of nitro benzene ring substituents is 1. The van der Waals surface area contributed by atoms with Crippen molar-refractivity contribution in [1.29, 1.82) is 0 Å². The summed E-state index contributed by atoms with van der Waals surface area (Å²) in [5.41, 5.74) is 1.19. The summed E-state index contributed by atoms with van der Waals surface area (Å²) in [6.07, 6.45) is 2.06. The van der Waals surface area contributed by atoms with Gasteiger partial charge in [0.05, 0.1) is 11.0 Å². The molecular formula is C34H40N3O11P. The van der Waals surface area contributed by atoms with Gasteiger partial charge in [-0.2, -0.15) is 5.09 Å². The summed E-state index contributed by atoms with van der Waals surface area (Å²) >= 11 is 0. The molecule has 49 heavy (non-hydrogen) atoms. The van der Waals surface area contributed by atoms with Gasteiger partial charge in [0.25, 0.3) is 5.69 Å². The van der Waals surface area contributed by atoms with Gasteiger partial charge in [-0.1, -0.05) is 42.5 Å². The van der Waals surface area contributed by atoms with Crippen LogP contribution in [0.5, 0.6) is 11.5 Å². The largest absolute Gasteiger partial charge is 0.513 e. The van der Waals surface area contributed by atoms with Crippen LogP contribution < -0.4 is 19.5 Å². The number of ether oxygens (including phenoxy) is 3. The van der Waals surface area contributed by atoms with Crippen LogP contribution in [0.15, 0.2) is 78.9 Å². The predicted molar refractivity (Wildman–Crippen MR) is 178 cm³/mol. The third-order valence-electron chi connectivity index (χ3n) is 7.29.